The van der Waals surface area contributed by atoms with Crippen molar-refractivity contribution >= 4 is 17.7 Å². The minimum atomic E-state index is -0.00292. The number of rotatable bonds is 8. The van der Waals surface area contributed by atoms with Gasteiger partial charge in [-0.25, -0.2) is 0 Å². The van der Waals surface area contributed by atoms with Gasteiger partial charge in [-0.05, 0) is 62.8 Å². The van der Waals surface area contributed by atoms with Crippen LogP contribution in [0.25, 0.3) is 0 Å². The van der Waals surface area contributed by atoms with E-state index in [9.17, 15) is 4.79 Å². The molecule has 0 aliphatic rings. The number of nitrogens with one attached hydrogen (secondary N) is 1. The summed E-state index contributed by atoms with van der Waals surface area (Å²) in [5.74, 6) is 0.900. The molecule has 4 heteroatoms. The molecular formula is C20H25NO2S. The summed E-state index contributed by atoms with van der Waals surface area (Å²) in [6, 6.07) is 15.9. The molecule has 2 rings (SSSR count). The van der Waals surface area contributed by atoms with Crippen molar-refractivity contribution in [1.29, 1.82) is 0 Å². The predicted molar refractivity (Wildman–Crippen MR) is 101 cm³/mol. The third kappa shape index (κ3) is 5.60. The van der Waals surface area contributed by atoms with Gasteiger partial charge in [-0.15, -0.1) is 11.8 Å². The van der Waals surface area contributed by atoms with Gasteiger partial charge in [-0.2, -0.15) is 0 Å². The van der Waals surface area contributed by atoms with Gasteiger partial charge in [-0.1, -0.05) is 24.3 Å². The highest BCUT2D eigenvalue weighted by Gasteiger charge is 2.09. The van der Waals surface area contributed by atoms with Crippen molar-refractivity contribution in [2.24, 2.45) is 0 Å². The van der Waals surface area contributed by atoms with Gasteiger partial charge in [0.05, 0.1) is 11.7 Å². The molecule has 0 fully saturated rings. The summed E-state index contributed by atoms with van der Waals surface area (Å²) in [6.07, 6.45) is 3.98. The average Bonchev–Trinajstić information content (AvgIpc) is 2.58. The summed E-state index contributed by atoms with van der Waals surface area (Å²) >= 11 is 1.59. The Morgan fingerprint density at radius 2 is 1.96 bits per heavy atom. The predicted octanol–water partition coefficient (Wildman–Crippen LogP) is 4.56. The Morgan fingerprint density at radius 3 is 2.71 bits per heavy atom. The molecule has 128 valence electrons. The van der Waals surface area contributed by atoms with Gasteiger partial charge in [0.15, 0.2) is 0 Å². The standard InChI is InChI=1S/C20H25NO2S/c1-15(2)23-17-10-6-8-16(14-17)9-7-13-21-20(22)18-11-4-5-12-19(18)24-3/h4-6,8,10-12,14-15H,7,9,13H2,1-3H3,(H,21,22). The van der Waals surface area contributed by atoms with Crippen LogP contribution in [0.2, 0.25) is 0 Å². The van der Waals surface area contributed by atoms with Crippen molar-refractivity contribution in [1.82, 2.24) is 5.32 Å². The molecule has 0 atom stereocenters. The smallest absolute Gasteiger partial charge is 0.252 e. The summed E-state index contributed by atoms with van der Waals surface area (Å²) in [6.45, 7) is 4.71. The zero-order chi connectivity index (χ0) is 17.4. The number of hydrogen-bond acceptors (Lipinski definition) is 3. The molecular weight excluding hydrogens is 318 g/mol. The first-order valence-corrected chi connectivity index (χ1v) is 9.49. The number of aryl methyl sites for hydroxylation is 1. The van der Waals surface area contributed by atoms with E-state index in [4.69, 9.17) is 4.74 Å². The number of carbonyl (C=O) groups is 1. The molecule has 0 aliphatic heterocycles. The van der Waals surface area contributed by atoms with Crippen LogP contribution in [-0.4, -0.2) is 24.8 Å². The lowest BCUT2D eigenvalue weighted by Crippen LogP contribution is -2.25. The SMILES string of the molecule is CSc1ccccc1C(=O)NCCCc1cccc(OC(C)C)c1. The molecule has 0 bridgehead atoms. The molecule has 0 heterocycles. The van der Waals surface area contributed by atoms with E-state index in [2.05, 4.69) is 17.4 Å². The minimum absolute atomic E-state index is 0.00292. The molecule has 3 nitrogen and oxygen atoms in total. The summed E-state index contributed by atoms with van der Waals surface area (Å²) in [7, 11) is 0. The van der Waals surface area contributed by atoms with Crippen LogP contribution < -0.4 is 10.1 Å². The highest BCUT2D eigenvalue weighted by Crippen LogP contribution is 2.19. The Labute approximate surface area is 148 Å². The second-order valence-electron chi connectivity index (χ2n) is 5.87. The van der Waals surface area contributed by atoms with Crippen LogP contribution in [0.5, 0.6) is 5.75 Å². The van der Waals surface area contributed by atoms with Crippen LogP contribution in [0.3, 0.4) is 0 Å². The van der Waals surface area contributed by atoms with E-state index in [1.165, 1.54) is 5.56 Å². The molecule has 1 amide bonds. The van der Waals surface area contributed by atoms with Crippen molar-refractivity contribution in [2.45, 2.75) is 37.7 Å². The summed E-state index contributed by atoms with van der Waals surface area (Å²) < 4.78 is 5.71. The first-order chi connectivity index (χ1) is 11.6. The Bertz CT molecular complexity index is 670. The first kappa shape index (κ1) is 18.4. The zero-order valence-corrected chi connectivity index (χ0v) is 15.4. The molecule has 0 aliphatic carbocycles. The Hall–Kier alpha value is -1.94. The quantitative estimate of drug-likeness (QED) is 0.564. The molecule has 0 spiro atoms. The van der Waals surface area contributed by atoms with E-state index in [-0.39, 0.29) is 12.0 Å². The number of benzene rings is 2. The highest BCUT2D eigenvalue weighted by atomic mass is 32.2. The lowest BCUT2D eigenvalue weighted by atomic mass is 10.1. The molecule has 0 saturated carbocycles. The fourth-order valence-electron chi connectivity index (χ4n) is 2.47. The van der Waals surface area contributed by atoms with Gasteiger partial charge < -0.3 is 10.1 Å². The minimum Gasteiger partial charge on any atom is -0.491 e. The third-order valence-corrected chi connectivity index (χ3v) is 4.35. The molecule has 2 aromatic rings. The maximum Gasteiger partial charge on any atom is 0.252 e. The number of amides is 1. The molecule has 2 aromatic carbocycles. The van der Waals surface area contributed by atoms with Crippen LogP contribution >= 0.6 is 11.8 Å². The zero-order valence-electron chi connectivity index (χ0n) is 14.5. The van der Waals surface area contributed by atoms with Gasteiger partial charge >= 0.3 is 0 Å². The van der Waals surface area contributed by atoms with Crippen LogP contribution in [0, 0.1) is 0 Å². The van der Waals surface area contributed by atoms with Crippen LogP contribution in [0.1, 0.15) is 36.2 Å². The Morgan fingerprint density at radius 1 is 1.17 bits per heavy atom. The number of thioether (sulfide) groups is 1. The van der Waals surface area contributed by atoms with Gasteiger partial charge in [0.2, 0.25) is 0 Å². The normalized spacial score (nSPS) is 10.7. The number of hydrogen-bond donors (Lipinski definition) is 1. The fraction of sp³-hybridized carbons (Fsp3) is 0.350. The molecule has 0 aromatic heterocycles. The van der Waals surface area contributed by atoms with E-state index in [0.29, 0.717) is 6.54 Å². The van der Waals surface area contributed by atoms with Crippen molar-refractivity contribution in [3.8, 4) is 5.75 Å². The maximum absolute atomic E-state index is 12.3. The van der Waals surface area contributed by atoms with Gasteiger partial charge in [0.1, 0.15) is 5.75 Å². The van der Waals surface area contributed by atoms with Crippen LogP contribution in [0.15, 0.2) is 53.4 Å². The van der Waals surface area contributed by atoms with E-state index >= 15 is 0 Å². The first-order valence-electron chi connectivity index (χ1n) is 8.27. The van der Waals surface area contributed by atoms with Crippen molar-refractivity contribution in [3.63, 3.8) is 0 Å². The Balaban J connectivity index is 1.81. The van der Waals surface area contributed by atoms with Gasteiger partial charge in [0, 0.05) is 11.4 Å². The number of ether oxygens (including phenoxy) is 1. The summed E-state index contributed by atoms with van der Waals surface area (Å²) in [5, 5.41) is 3.01. The number of carbonyl (C=O) groups excluding carboxylic acids is 1. The topological polar surface area (TPSA) is 38.3 Å². The van der Waals surface area contributed by atoms with Crippen LogP contribution in [-0.2, 0) is 6.42 Å². The summed E-state index contributed by atoms with van der Waals surface area (Å²) in [5.41, 5.74) is 1.98. The van der Waals surface area contributed by atoms with Crippen molar-refractivity contribution in [3.05, 3.63) is 59.7 Å². The Kier molecular flexibility index (Phi) is 7.19. The second-order valence-corrected chi connectivity index (χ2v) is 6.72. The highest BCUT2D eigenvalue weighted by molar-refractivity contribution is 7.98. The van der Waals surface area contributed by atoms with E-state index < -0.39 is 0 Å². The lowest BCUT2D eigenvalue weighted by molar-refractivity contribution is 0.0950. The van der Waals surface area contributed by atoms with E-state index in [0.717, 1.165) is 29.1 Å². The largest absolute Gasteiger partial charge is 0.491 e. The second kappa shape index (κ2) is 9.38. The average molecular weight is 343 g/mol. The lowest BCUT2D eigenvalue weighted by Gasteiger charge is -2.11. The summed E-state index contributed by atoms with van der Waals surface area (Å²) in [4.78, 5) is 13.3. The third-order valence-electron chi connectivity index (χ3n) is 3.55. The van der Waals surface area contributed by atoms with Crippen LogP contribution in [0.4, 0.5) is 0 Å². The molecule has 0 saturated heterocycles. The van der Waals surface area contributed by atoms with Crippen molar-refractivity contribution in [2.75, 3.05) is 12.8 Å². The van der Waals surface area contributed by atoms with Crippen molar-refractivity contribution < 1.29 is 9.53 Å². The molecule has 0 radical (unpaired) electrons. The van der Waals surface area contributed by atoms with Gasteiger partial charge in [0.25, 0.3) is 5.91 Å². The molecule has 0 unspecified atom stereocenters. The van der Waals surface area contributed by atoms with Gasteiger partial charge in [-0.3, -0.25) is 4.79 Å². The van der Waals surface area contributed by atoms with E-state index in [1.54, 1.807) is 11.8 Å². The monoisotopic (exact) mass is 343 g/mol. The fourth-order valence-corrected chi connectivity index (χ4v) is 3.06. The van der Waals surface area contributed by atoms with E-state index in [1.807, 2.05) is 56.5 Å². The molecule has 1 N–H and O–H groups in total. The molecule has 24 heavy (non-hydrogen) atoms. The maximum atomic E-state index is 12.3.